The third-order valence-electron chi connectivity index (χ3n) is 1.97. The Hall–Kier alpha value is -1.27. The van der Waals surface area contributed by atoms with Crippen molar-refractivity contribution >= 4 is 21.6 Å². The van der Waals surface area contributed by atoms with Crippen LogP contribution in [0.15, 0.2) is 34.8 Å². The van der Waals surface area contributed by atoms with Gasteiger partial charge in [0.1, 0.15) is 6.07 Å². The maximum absolute atomic E-state index is 8.92. The van der Waals surface area contributed by atoms with Gasteiger partial charge >= 0.3 is 0 Å². The van der Waals surface area contributed by atoms with E-state index in [2.05, 4.69) is 33.9 Å². The van der Waals surface area contributed by atoms with Gasteiger partial charge in [0.25, 0.3) is 0 Å². The Kier molecular flexibility index (Phi) is 4.38. The van der Waals surface area contributed by atoms with E-state index in [0.717, 1.165) is 28.7 Å². The minimum Gasteiger partial charge on any atom is -0.384 e. The van der Waals surface area contributed by atoms with E-state index < -0.39 is 0 Å². The molecule has 0 aliphatic rings. The highest BCUT2D eigenvalue weighted by molar-refractivity contribution is 9.10. The summed E-state index contributed by atoms with van der Waals surface area (Å²) < 4.78 is 0.921. The fraction of sp³-hybridized carbons (Fsp3) is 0.250. The van der Waals surface area contributed by atoms with Crippen molar-refractivity contribution in [2.24, 2.45) is 0 Å². The van der Waals surface area contributed by atoms with Gasteiger partial charge < -0.3 is 5.32 Å². The zero-order chi connectivity index (χ0) is 11.3. The average Bonchev–Trinajstić information content (AvgIpc) is 2.19. The molecule has 0 aliphatic heterocycles. The van der Waals surface area contributed by atoms with E-state index in [-0.39, 0.29) is 0 Å². The van der Waals surface area contributed by atoms with Gasteiger partial charge in [0.15, 0.2) is 0 Å². The maximum atomic E-state index is 8.92. The molecule has 0 bridgehead atoms. The summed E-state index contributed by atoms with van der Waals surface area (Å²) in [7, 11) is 0. The Labute approximate surface area is 98.7 Å². The first kappa shape index (κ1) is 11.8. The molecule has 78 valence electrons. The van der Waals surface area contributed by atoms with Crippen molar-refractivity contribution in [2.75, 3.05) is 11.9 Å². The van der Waals surface area contributed by atoms with Gasteiger partial charge in [-0.1, -0.05) is 21.5 Å². The highest BCUT2D eigenvalue weighted by Crippen LogP contribution is 2.20. The van der Waals surface area contributed by atoms with Crippen molar-refractivity contribution < 1.29 is 0 Å². The molecular formula is C12H13BrN2. The van der Waals surface area contributed by atoms with Gasteiger partial charge in [0.2, 0.25) is 0 Å². The van der Waals surface area contributed by atoms with Gasteiger partial charge in [-0.05, 0) is 31.5 Å². The number of hydrogen-bond donors (Lipinski definition) is 1. The number of nitrogens with one attached hydrogen (secondary N) is 1. The Balaban J connectivity index is 2.69. The highest BCUT2D eigenvalue weighted by Gasteiger charge is 2.01. The Bertz CT molecular complexity index is 405. The van der Waals surface area contributed by atoms with Crippen LogP contribution in [0.3, 0.4) is 0 Å². The first-order chi connectivity index (χ1) is 7.13. The fourth-order valence-electron chi connectivity index (χ4n) is 1.17. The lowest BCUT2D eigenvalue weighted by atomic mass is 10.2. The molecule has 1 aromatic rings. The van der Waals surface area contributed by atoms with Crippen LogP contribution in [0, 0.1) is 11.3 Å². The van der Waals surface area contributed by atoms with Crippen molar-refractivity contribution in [1.29, 1.82) is 5.26 Å². The number of hydrogen-bond acceptors (Lipinski definition) is 2. The number of anilines is 1. The van der Waals surface area contributed by atoms with E-state index in [1.807, 2.05) is 25.1 Å². The molecule has 0 radical (unpaired) electrons. The molecule has 3 heteroatoms. The smallest absolute Gasteiger partial charge is 0.101 e. The average molecular weight is 265 g/mol. The summed E-state index contributed by atoms with van der Waals surface area (Å²) in [6.07, 6.45) is 0.918. The van der Waals surface area contributed by atoms with Crippen LogP contribution < -0.4 is 5.32 Å². The lowest BCUT2D eigenvalue weighted by Gasteiger charge is -2.08. The first-order valence-corrected chi connectivity index (χ1v) is 5.50. The van der Waals surface area contributed by atoms with Crippen molar-refractivity contribution in [2.45, 2.75) is 13.3 Å². The minimum atomic E-state index is 0.658. The van der Waals surface area contributed by atoms with E-state index in [1.54, 1.807) is 0 Å². The second-order valence-corrected chi connectivity index (χ2v) is 4.35. The Morgan fingerprint density at radius 1 is 1.60 bits per heavy atom. The second kappa shape index (κ2) is 5.57. The molecular weight excluding hydrogens is 252 g/mol. The molecule has 1 aromatic carbocycles. The van der Waals surface area contributed by atoms with Crippen LogP contribution >= 0.6 is 15.9 Å². The van der Waals surface area contributed by atoms with Crippen LogP contribution in [0.2, 0.25) is 0 Å². The number of rotatable bonds is 4. The molecule has 1 rings (SSSR count). The van der Waals surface area contributed by atoms with Crippen LogP contribution in [0.25, 0.3) is 0 Å². The van der Waals surface area contributed by atoms with Crippen LogP contribution in [0.1, 0.15) is 18.9 Å². The first-order valence-electron chi connectivity index (χ1n) is 4.71. The zero-order valence-electron chi connectivity index (χ0n) is 8.68. The van der Waals surface area contributed by atoms with Crippen molar-refractivity contribution in [3.8, 4) is 6.07 Å². The molecule has 0 saturated carbocycles. The zero-order valence-corrected chi connectivity index (χ0v) is 10.3. The third-order valence-corrected chi connectivity index (χ3v) is 2.46. The summed E-state index contributed by atoms with van der Waals surface area (Å²) in [5, 5.41) is 12.1. The normalized spacial score (nSPS) is 9.40. The summed E-state index contributed by atoms with van der Waals surface area (Å²) >= 11 is 3.34. The molecule has 1 N–H and O–H groups in total. The number of nitriles is 1. The van der Waals surface area contributed by atoms with Crippen LogP contribution in [0.4, 0.5) is 5.69 Å². The largest absolute Gasteiger partial charge is 0.384 e. The highest BCUT2D eigenvalue weighted by atomic mass is 79.9. The monoisotopic (exact) mass is 264 g/mol. The van der Waals surface area contributed by atoms with Crippen LogP contribution in [0.5, 0.6) is 0 Å². The SMILES string of the molecule is C=C(C)CCNc1ccc(Br)cc1C#N. The van der Waals surface area contributed by atoms with E-state index in [4.69, 9.17) is 5.26 Å². The summed E-state index contributed by atoms with van der Waals surface area (Å²) in [5.41, 5.74) is 2.67. The molecule has 0 fully saturated rings. The van der Waals surface area contributed by atoms with Gasteiger partial charge in [-0.25, -0.2) is 0 Å². The molecule has 0 amide bonds. The van der Waals surface area contributed by atoms with Gasteiger partial charge in [-0.3, -0.25) is 0 Å². The topological polar surface area (TPSA) is 35.8 Å². The molecule has 0 atom stereocenters. The van der Waals surface area contributed by atoms with E-state index in [9.17, 15) is 0 Å². The predicted octanol–water partition coefficient (Wildman–Crippen LogP) is 3.70. The molecule has 0 spiro atoms. The molecule has 0 unspecified atom stereocenters. The van der Waals surface area contributed by atoms with E-state index >= 15 is 0 Å². The van der Waals surface area contributed by atoms with Crippen molar-refractivity contribution in [3.63, 3.8) is 0 Å². The van der Waals surface area contributed by atoms with Gasteiger partial charge in [-0.15, -0.1) is 6.58 Å². The summed E-state index contributed by atoms with van der Waals surface area (Å²) in [6.45, 7) is 6.64. The predicted molar refractivity (Wildman–Crippen MR) is 66.8 cm³/mol. The Morgan fingerprint density at radius 3 is 2.93 bits per heavy atom. The Morgan fingerprint density at radius 2 is 2.33 bits per heavy atom. The maximum Gasteiger partial charge on any atom is 0.101 e. The van der Waals surface area contributed by atoms with Gasteiger partial charge in [0, 0.05) is 11.0 Å². The summed E-state index contributed by atoms with van der Waals surface area (Å²) in [4.78, 5) is 0. The molecule has 0 saturated heterocycles. The standard InChI is InChI=1S/C12H13BrN2/c1-9(2)5-6-15-12-4-3-11(13)7-10(12)8-14/h3-4,7,15H,1,5-6H2,2H3. The van der Waals surface area contributed by atoms with Crippen LogP contribution in [-0.2, 0) is 0 Å². The minimum absolute atomic E-state index is 0.658. The van der Waals surface area contributed by atoms with Crippen molar-refractivity contribution in [1.82, 2.24) is 0 Å². The number of nitrogens with zero attached hydrogens (tertiary/aromatic N) is 1. The number of benzene rings is 1. The van der Waals surface area contributed by atoms with Crippen molar-refractivity contribution in [3.05, 3.63) is 40.4 Å². The quantitative estimate of drug-likeness (QED) is 0.842. The summed E-state index contributed by atoms with van der Waals surface area (Å²) in [5.74, 6) is 0. The van der Waals surface area contributed by atoms with Crippen LogP contribution in [-0.4, -0.2) is 6.54 Å². The van der Waals surface area contributed by atoms with E-state index in [1.165, 1.54) is 0 Å². The fourth-order valence-corrected chi connectivity index (χ4v) is 1.53. The molecule has 0 heterocycles. The third kappa shape index (κ3) is 3.77. The number of halogens is 1. The molecule has 0 aliphatic carbocycles. The molecule has 2 nitrogen and oxygen atoms in total. The molecule has 0 aromatic heterocycles. The van der Waals surface area contributed by atoms with Gasteiger partial charge in [0.05, 0.1) is 11.3 Å². The van der Waals surface area contributed by atoms with Gasteiger partial charge in [-0.2, -0.15) is 5.26 Å². The second-order valence-electron chi connectivity index (χ2n) is 3.44. The summed E-state index contributed by atoms with van der Waals surface area (Å²) in [6, 6.07) is 7.79. The molecule has 15 heavy (non-hydrogen) atoms. The lowest BCUT2D eigenvalue weighted by molar-refractivity contribution is 1.00. The lowest BCUT2D eigenvalue weighted by Crippen LogP contribution is -2.03. The van der Waals surface area contributed by atoms with E-state index in [0.29, 0.717) is 5.56 Å².